The first kappa shape index (κ1) is 13.2. The highest BCUT2D eigenvalue weighted by Crippen LogP contribution is 2.26. The first-order valence-electron chi connectivity index (χ1n) is 6.69. The number of pyridine rings is 1. The minimum absolute atomic E-state index is 0.749. The van der Waals surface area contributed by atoms with Gasteiger partial charge in [-0.25, -0.2) is 0 Å². The van der Waals surface area contributed by atoms with Gasteiger partial charge in [0.25, 0.3) is 0 Å². The van der Waals surface area contributed by atoms with Crippen LogP contribution in [-0.4, -0.2) is 16.5 Å². The van der Waals surface area contributed by atoms with E-state index in [1.807, 2.05) is 48.8 Å². The fourth-order valence-electron chi connectivity index (χ4n) is 2.28. The first-order valence-corrected chi connectivity index (χ1v) is 7.07. The van der Waals surface area contributed by atoms with Gasteiger partial charge in [-0.15, -0.1) is 0 Å². The molecule has 1 aromatic carbocycles. The lowest BCUT2D eigenvalue weighted by atomic mass is 10.2. The topological polar surface area (TPSA) is 40.7 Å². The number of hydrogen-bond donors (Lipinski definition) is 2. The highest BCUT2D eigenvalue weighted by molar-refractivity contribution is 6.36. The molecule has 20 heavy (non-hydrogen) atoms. The van der Waals surface area contributed by atoms with Crippen molar-refractivity contribution < 1.29 is 0 Å². The molecule has 3 rings (SSSR count). The van der Waals surface area contributed by atoms with Crippen molar-refractivity contribution in [3.63, 3.8) is 0 Å². The number of halogens is 1. The first-order chi connectivity index (χ1) is 9.84. The highest BCUT2D eigenvalue weighted by atomic mass is 35.5. The number of para-hydroxylation sites is 1. The van der Waals surface area contributed by atoms with E-state index in [1.54, 1.807) is 0 Å². The Morgan fingerprint density at radius 3 is 2.70 bits per heavy atom. The molecule has 0 spiro atoms. The number of benzene rings is 1. The summed E-state index contributed by atoms with van der Waals surface area (Å²) in [5.41, 5.74) is 3.42. The van der Waals surface area contributed by atoms with Crippen LogP contribution in [0.5, 0.6) is 0 Å². The van der Waals surface area contributed by atoms with Gasteiger partial charge in [0.1, 0.15) is 0 Å². The molecular formula is C16H16ClN3. The fraction of sp³-hybridized carbons (Fsp3) is 0.188. The zero-order valence-electron chi connectivity index (χ0n) is 11.1. The molecule has 2 heterocycles. The van der Waals surface area contributed by atoms with Gasteiger partial charge in [0.05, 0.1) is 5.02 Å². The molecule has 2 N–H and O–H groups in total. The maximum atomic E-state index is 6.37. The minimum atomic E-state index is 0.749. The molecule has 0 radical (unpaired) electrons. The van der Waals surface area contributed by atoms with Gasteiger partial charge in [-0.1, -0.05) is 29.8 Å². The van der Waals surface area contributed by atoms with Gasteiger partial charge < -0.3 is 10.3 Å². The maximum Gasteiger partial charge on any atom is 0.0705 e. The SMILES string of the molecule is Clc1c(CNCCc2ccncc2)[nH]c2ccccc12. The quantitative estimate of drug-likeness (QED) is 0.704. The van der Waals surface area contributed by atoms with Gasteiger partial charge in [0.2, 0.25) is 0 Å². The summed E-state index contributed by atoms with van der Waals surface area (Å²) in [6.45, 7) is 1.66. The van der Waals surface area contributed by atoms with Crippen LogP contribution < -0.4 is 5.32 Å². The Labute approximate surface area is 123 Å². The molecule has 0 aliphatic rings. The highest BCUT2D eigenvalue weighted by Gasteiger charge is 2.07. The van der Waals surface area contributed by atoms with Crippen LogP contribution in [0.3, 0.4) is 0 Å². The van der Waals surface area contributed by atoms with E-state index in [0.29, 0.717) is 0 Å². The van der Waals surface area contributed by atoms with Gasteiger partial charge in [-0.3, -0.25) is 4.98 Å². The third-order valence-electron chi connectivity index (χ3n) is 3.36. The number of H-pyrrole nitrogens is 1. The molecular weight excluding hydrogens is 270 g/mol. The summed E-state index contributed by atoms with van der Waals surface area (Å²) in [6, 6.07) is 12.2. The molecule has 0 aliphatic heterocycles. The predicted octanol–water partition coefficient (Wildman–Crippen LogP) is 3.55. The van der Waals surface area contributed by atoms with Gasteiger partial charge in [-0.2, -0.15) is 0 Å². The van der Waals surface area contributed by atoms with E-state index in [4.69, 9.17) is 11.6 Å². The number of hydrogen-bond acceptors (Lipinski definition) is 2. The number of nitrogens with one attached hydrogen (secondary N) is 2. The average molecular weight is 286 g/mol. The van der Waals surface area contributed by atoms with Crippen molar-refractivity contribution in [2.45, 2.75) is 13.0 Å². The van der Waals surface area contributed by atoms with Crippen LogP contribution in [0, 0.1) is 0 Å². The molecule has 102 valence electrons. The van der Waals surface area contributed by atoms with Gasteiger partial charge in [-0.05, 0) is 36.7 Å². The van der Waals surface area contributed by atoms with E-state index < -0.39 is 0 Å². The zero-order valence-corrected chi connectivity index (χ0v) is 11.8. The summed E-state index contributed by atoms with van der Waals surface area (Å²) < 4.78 is 0. The summed E-state index contributed by atoms with van der Waals surface area (Å²) in [5.74, 6) is 0. The number of aromatic amines is 1. The van der Waals surface area contributed by atoms with Crippen molar-refractivity contribution in [2.75, 3.05) is 6.54 Å². The number of rotatable bonds is 5. The molecule has 0 bridgehead atoms. The van der Waals surface area contributed by atoms with E-state index in [9.17, 15) is 0 Å². The number of fused-ring (bicyclic) bond motifs is 1. The molecule has 3 nitrogen and oxygen atoms in total. The Balaban J connectivity index is 1.59. The predicted molar refractivity (Wildman–Crippen MR) is 83.0 cm³/mol. The fourth-order valence-corrected chi connectivity index (χ4v) is 2.56. The van der Waals surface area contributed by atoms with Crippen molar-refractivity contribution >= 4 is 22.5 Å². The molecule has 0 saturated heterocycles. The Bertz CT molecular complexity index is 691. The lowest BCUT2D eigenvalue weighted by molar-refractivity contribution is 0.678. The standard InChI is InChI=1S/C16H16ClN3/c17-16-13-3-1-2-4-14(13)20-15(16)11-19-10-7-12-5-8-18-9-6-12/h1-6,8-9,19-20H,7,10-11H2. The lowest BCUT2D eigenvalue weighted by Crippen LogP contribution is -2.17. The summed E-state index contributed by atoms with van der Waals surface area (Å²) in [7, 11) is 0. The van der Waals surface area contributed by atoms with Crippen LogP contribution >= 0.6 is 11.6 Å². The largest absolute Gasteiger partial charge is 0.356 e. The zero-order chi connectivity index (χ0) is 13.8. The number of nitrogens with zero attached hydrogens (tertiary/aromatic N) is 1. The van der Waals surface area contributed by atoms with Crippen LogP contribution in [0.15, 0.2) is 48.8 Å². The third-order valence-corrected chi connectivity index (χ3v) is 3.79. The van der Waals surface area contributed by atoms with Crippen molar-refractivity contribution in [1.82, 2.24) is 15.3 Å². The van der Waals surface area contributed by atoms with E-state index >= 15 is 0 Å². The lowest BCUT2D eigenvalue weighted by Gasteiger charge is -2.04. The molecule has 4 heteroatoms. The molecule has 0 fully saturated rings. The van der Waals surface area contributed by atoms with E-state index in [0.717, 1.165) is 41.1 Å². The van der Waals surface area contributed by atoms with Crippen LogP contribution in [0.4, 0.5) is 0 Å². The molecule has 0 aliphatic carbocycles. The molecule has 0 amide bonds. The monoisotopic (exact) mass is 285 g/mol. The van der Waals surface area contributed by atoms with Crippen LogP contribution in [0.1, 0.15) is 11.3 Å². The second-order valence-electron chi connectivity index (χ2n) is 4.75. The smallest absolute Gasteiger partial charge is 0.0705 e. The van der Waals surface area contributed by atoms with Crippen molar-refractivity contribution in [3.8, 4) is 0 Å². The van der Waals surface area contributed by atoms with Crippen LogP contribution in [-0.2, 0) is 13.0 Å². The minimum Gasteiger partial charge on any atom is -0.356 e. The van der Waals surface area contributed by atoms with Gasteiger partial charge in [0, 0.05) is 35.5 Å². The Hall–Kier alpha value is -1.84. The normalized spacial score (nSPS) is 11.1. The van der Waals surface area contributed by atoms with Crippen LogP contribution in [0.2, 0.25) is 5.02 Å². The summed E-state index contributed by atoms with van der Waals surface area (Å²) in [6.07, 6.45) is 4.63. The summed E-state index contributed by atoms with van der Waals surface area (Å²) in [5, 5.41) is 5.32. The van der Waals surface area contributed by atoms with Crippen molar-refractivity contribution in [1.29, 1.82) is 0 Å². The second kappa shape index (κ2) is 6.07. The Morgan fingerprint density at radius 1 is 1.10 bits per heavy atom. The summed E-state index contributed by atoms with van der Waals surface area (Å²) in [4.78, 5) is 7.37. The number of aromatic nitrogens is 2. The van der Waals surface area contributed by atoms with Gasteiger partial charge in [0.15, 0.2) is 0 Å². The Morgan fingerprint density at radius 2 is 1.90 bits per heavy atom. The summed E-state index contributed by atoms with van der Waals surface area (Å²) >= 11 is 6.37. The molecule has 0 atom stereocenters. The third kappa shape index (κ3) is 2.84. The second-order valence-corrected chi connectivity index (χ2v) is 5.12. The molecule has 0 saturated carbocycles. The van der Waals surface area contributed by atoms with Crippen molar-refractivity contribution in [3.05, 3.63) is 65.1 Å². The van der Waals surface area contributed by atoms with E-state index in [1.165, 1.54) is 5.56 Å². The molecule has 2 aromatic heterocycles. The van der Waals surface area contributed by atoms with E-state index in [2.05, 4.69) is 15.3 Å². The van der Waals surface area contributed by atoms with E-state index in [-0.39, 0.29) is 0 Å². The molecule has 3 aromatic rings. The average Bonchev–Trinajstić information content (AvgIpc) is 2.82. The van der Waals surface area contributed by atoms with Crippen molar-refractivity contribution in [2.24, 2.45) is 0 Å². The molecule has 0 unspecified atom stereocenters. The van der Waals surface area contributed by atoms with Crippen LogP contribution in [0.25, 0.3) is 10.9 Å². The maximum absolute atomic E-state index is 6.37. The Kier molecular flexibility index (Phi) is 4.00. The van der Waals surface area contributed by atoms with Gasteiger partial charge >= 0.3 is 0 Å².